The minimum Gasteiger partial charge on any atom is -0.405 e. The van der Waals surface area contributed by atoms with Crippen LogP contribution in [0, 0.1) is 10.1 Å². The highest BCUT2D eigenvalue weighted by Crippen LogP contribution is 2.40. The number of halogens is 3. The molecular formula is C19H12F3NO3. The summed E-state index contributed by atoms with van der Waals surface area (Å²) in [5.74, 6) is -0.369. The van der Waals surface area contributed by atoms with E-state index in [2.05, 4.69) is 4.74 Å². The fraction of sp³-hybridized carbons (Fsp3) is 0.0526. The molecule has 3 aromatic rings. The van der Waals surface area contributed by atoms with E-state index in [-0.39, 0.29) is 17.0 Å². The van der Waals surface area contributed by atoms with Crippen molar-refractivity contribution in [3.05, 3.63) is 82.9 Å². The third kappa shape index (κ3) is 3.83. The van der Waals surface area contributed by atoms with Gasteiger partial charge in [0.25, 0.3) is 5.69 Å². The lowest BCUT2D eigenvalue weighted by Gasteiger charge is -2.16. The molecule has 0 spiro atoms. The van der Waals surface area contributed by atoms with Crippen molar-refractivity contribution in [2.45, 2.75) is 6.36 Å². The first-order chi connectivity index (χ1) is 12.3. The fourth-order valence-electron chi connectivity index (χ4n) is 2.64. The Morgan fingerprint density at radius 3 is 2.12 bits per heavy atom. The summed E-state index contributed by atoms with van der Waals surface area (Å²) in [6.07, 6.45) is -4.84. The van der Waals surface area contributed by atoms with Crippen LogP contribution in [0.2, 0.25) is 0 Å². The topological polar surface area (TPSA) is 52.4 Å². The molecule has 0 N–H and O–H groups in total. The van der Waals surface area contributed by atoms with Crippen LogP contribution in [-0.4, -0.2) is 11.3 Å². The Kier molecular flexibility index (Phi) is 4.62. The van der Waals surface area contributed by atoms with Gasteiger partial charge in [0, 0.05) is 17.7 Å². The van der Waals surface area contributed by atoms with Crippen molar-refractivity contribution < 1.29 is 22.8 Å². The molecule has 0 amide bonds. The van der Waals surface area contributed by atoms with Crippen molar-refractivity contribution in [1.29, 1.82) is 0 Å². The summed E-state index contributed by atoms with van der Waals surface area (Å²) >= 11 is 0. The van der Waals surface area contributed by atoms with Crippen molar-refractivity contribution in [1.82, 2.24) is 0 Å². The quantitative estimate of drug-likeness (QED) is 0.435. The zero-order valence-corrected chi connectivity index (χ0v) is 13.2. The molecule has 3 aromatic carbocycles. The summed E-state index contributed by atoms with van der Waals surface area (Å²) in [7, 11) is 0. The molecule has 4 nitrogen and oxygen atoms in total. The molecule has 0 aliphatic carbocycles. The van der Waals surface area contributed by atoms with Crippen molar-refractivity contribution in [3.63, 3.8) is 0 Å². The van der Waals surface area contributed by atoms with Gasteiger partial charge in [-0.15, -0.1) is 13.2 Å². The van der Waals surface area contributed by atoms with Gasteiger partial charge in [-0.3, -0.25) is 10.1 Å². The van der Waals surface area contributed by atoms with Gasteiger partial charge < -0.3 is 4.74 Å². The predicted octanol–water partition coefficient (Wildman–Crippen LogP) is 5.83. The van der Waals surface area contributed by atoms with E-state index in [0.29, 0.717) is 16.7 Å². The van der Waals surface area contributed by atoms with Gasteiger partial charge in [0.15, 0.2) is 0 Å². The molecule has 0 heterocycles. The highest BCUT2D eigenvalue weighted by Gasteiger charge is 2.32. The van der Waals surface area contributed by atoms with Crippen molar-refractivity contribution >= 4 is 5.69 Å². The number of non-ortho nitro benzene ring substituents is 1. The van der Waals surface area contributed by atoms with Gasteiger partial charge in [0.05, 0.1) is 4.92 Å². The van der Waals surface area contributed by atoms with Crippen molar-refractivity contribution in [2.75, 3.05) is 0 Å². The maximum absolute atomic E-state index is 12.7. The maximum atomic E-state index is 12.7. The molecule has 0 atom stereocenters. The minimum atomic E-state index is -4.84. The number of nitro benzene ring substituents is 1. The van der Waals surface area contributed by atoms with E-state index < -0.39 is 11.3 Å². The molecular weight excluding hydrogens is 347 g/mol. The zero-order chi connectivity index (χ0) is 18.7. The molecule has 0 saturated heterocycles. The van der Waals surface area contributed by atoms with Gasteiger partial charge in [-0.25, -0.2) is 0 Å². The number of nitro groups is 1. The van der Waals surface area contributed by atoms with Gasteiger partial charge in [0.2, 0.25) is 0 Å². The molecule has 0 fully saturated rings. The van der Waals surface area contributed by atoms with Crippen molar-refractivity contribution in [2.24, 2.45) is 0 Å². The second kappa shape index (κ2) is 6.87. The van der Waals surface area contributed by atoms with Crippen LogP contribution in [0.3, 0.4) is 0 Å². The Bertz CT molecular complexity index is 940. The Labute approximate surface area is 146 Å². The lowest BCUT2D eigenvalue weighted by atomic mass is 9.93. The molecule has 0 aliphatic rings. The smallest absolute Gasteiger partial charge is 0.405 e. The number of hydrogen-bond acceptors (Lipinski definition) is 3. The molecule has 0 aliphatic heterocycles. The number of benzene rings is 3. The van der Waals surface area contributed by atoms with Crippen LogP contribution < -0.4 is 4.74 Å². The summed E-state index contributed by atoms with van der Waals surface area (Å²) in [6.45, 7) is 0. The van der Waals surface area contributed by atoms with Gasteiger partial charge in [-0.2, -0.15) is 0 Å². The van der Waals surface area contributed by atoms with E-state index in [1.807, 2.05) is 0 Å². The third-order valence-corrected chi connectivity index (χ3v) is 3.70. The molecule has 7 heteroatoms. The third-order valence-electron chi connectivity index (χ3n) is 3.70. The van der Waals surface area contributed by atoms with Gasteiger partial charge in [0.1, 0.15) is 5.75 Å². The van der Waals surface area contributed by atoms with Gasteiger partial charge >= 0.3 is 6.36 Å². The van der Waals surface area contributed by atoms with E-state index in [4.69, 9.17) is 0 Å². The Hall–Kier alpha value is -3.35. The standard InChI is InChI=1S/C19H12F3NO3/c20-19(21,22)26-18-9-5-4-8-16(18)15-11-10-14(23(24)25)12-17(15)13-6-2-1-3-7-13/h1-12H. The number of ether oxygens (including phenoxy) is 1. The summed E-state index contributed by atoms with van der Waals surface area (Å²) in [6, 6.07) is 18.5. The molecule has 0 unspecified atom stereocenters. The van der Waals surface area contributed by atoms with Gasteiger partial charge in [-0.1, -0.05) is 48.5 Å². The maximum Gasteiger partial charge on any atom is 0.573 e. The van der Waals surface area contributed by atoms with Crippen LogP contribution in [0.15, 0.2) is 72.8 Å². The fourth-order valence-corrected chi connectivity index (χ4v) is 2.64. The second-order valence-electron chi connectivity index (χ2n) is 5.40. The predicted molar refractivity (Wildman–Crippen MR) is 90.7 cm³/mol. The van der Waals surface area contributed by atoms with Crippen LogP contribution in [0.1, 0.15) is 0 Å². The highest BCUT2D eigenvalue weighted by atomic mass is 19.4. The first-order valence-electron chi connectivity index (χ1n) is 7.54. The number of hydrogen-bond donors (Lipinski definition) is 0. The summed E-state index contributed by atoms with van der Waals surface area (Å²) in [4.78, 5) is 10.6. The summed E-state index contributed by atoms with van der Waals surface area (Å²) in [5.41, 5.74) is 1.54. The average molecular weight is 359 g/mol. The molecule has 26 heavy (non-hydrogen) atoms. The number of alkyl halides is 3. The zero-order valence-electron chi connectivity index (χ0n) is 13.2. The minimum absolute atomic E-state index is 0.151. The lowest BCUT2D eigenvalue weighted by Crippen LogP contribution is -2.17. The molecule has 3 rings (SSSR count). The summed E-state index contributed by atoms with van der Waals surface area (Å²) in [5, 5.41) is 11.1. The average Bonchev–Trinajstić information content (AvgIpc) is 2.61. The van der Waals surface area contributed by atoms with E-state index >= 15 is 0 Å². The van der Waals surface area contributed by atoms with Crippen molar-refractivity contribution in [3.8, 4) is 28.0 Å². The van der Waals surface area contributed by atoms with E-state index in [1.54, 1.807) is 36.4 Å². The molecule has 0 saturated carbocycles. The molecule has 0 radical (unpaired) electrons. The van der Waals surface area contributed by atoms with Crippen LogP contribution in [0.25, 0.3) is 22.3 Å². The highest BCUT2D eigenvalue weighted by molar-refractivity contribution is 5.87. The number of nitrogens with zero attached hydrogens (tertiary/aromatic N) is 1. The first kappa shape index (κ1) is 17.5. The number of para-hydroxylation sites is 1. The Balaban J connectivity index is 2.22. The second-order valence-corrected chi connectivity index (χ2v) is 5.40. The van der Waals surface area contributed by atoms with E-state index in [9.17, 15) is 23.3 Å². The van der Waals surface area contributed by atoms with Crippen LogP contribution in [0.4, 0.5) is 18.9 Å². The molecule has 0 bridgehead atoms. The first-order valence-corrected chi connectivity index (χ1v) is 7.54. The lowest BCUT2D eigenvalue weighted by molar-refractivity contribution is -0.384. The number of rotatable bonds is 4. The van der Waals surface area contributed by atoms with E-state index in [1.165, 1.54) is 36.4 Å². The largest absolute Gasteiger partial charge is 0.573 e. The monoisotopic (exact) mass is 359 g/mol. The van der Waals surface area contributed by atoms with Crippen LogP contribution >= 0.6 is 0 Å². The molecule has 132 valence electrons. The van der Waals surface area contributed by atoms with Crippen LogP contribution in [0.5, 0.6) is 5.75 Å². The van der Waals surface area contributed by atoms with Crippen LogP contribution in [-0.2, 0) is 0 Å². The normalized spacial score (nSPS) is 11.2. The Morgan fingerprint density at radius 2 is 1.46 bits per heavy atom. The SMILES string of the molecule is O=[N+]([O-])c1ccc(-c2ccccc2OC(F)(F)F)c(-c2ccccc2)c1. The van der Waals surface area contributed by atoms with E-state index in [0.717, 1.165) is 0 Å². The van der Waals surface area contributed by atoms with Gasteiger partial charge in [-0.05, 0) is 28.8 Å². The Morgan fingerprint density at radius 1 is 0.808 bits per heavy atom. The summed E-state index contributed by atoms with van der Waals surface area (Å²) < 4.78 is 42.3. The molecule has 0 aromatic heterocycles.